The summed E-state index contributed by atoms with van der Waals surface area (Å²) < 4.78 is 7.69. The number of aromatic nitrogens is 4. The molecule has 0 aliphatic heterocycles. The van der Waals surface area contributed by atoms with Gasteiger partial charge in [0.2, 0.25) is 0 Å². The van der Waals surface area contributed by atoms with Crippen LogP contribution in [-0.4, -0.2) is 38.0 Å². The van der Waals surface area contributed by atoms with Gasteiger partial charge in [0, 0.05) is 12.2 Å². The highest BCUT2D eigenvalue weighted by molar-refractivity contribution is 5.92. The minimum Gasteiger partial charge on any atom is -0.369 e. The number of H-pyrrole nitrogens is 1. The fourth-order valence-corrected chi connectivity index (χ4v) is 2.49. The lowest BCUT2D eigenvalue weighted by atomic mass is 10.2. The van der Waals surface area contributed by atoms with Crippen molar-refractivity contribution >= 4 is 5.91 Å². The van der Waals surface area contributed by atoms with Crippen LogP contribution in [0.5, 0.6) is 0 Å². The van der Waals surface area contributed by atoms with E-state index >= 15 is 0 Å². The third-order valence-corrected chi connectivity index (χ3v) is 4.21. The molecule has 0 spiro atoms. The summed E-state index contributed by atoms with van der Waals surface area (Å²) >= 11 is 0. The molecular weight excluding hydrogens is 318 g/mol. The van der Waals surface area contributed by atoms with Crippen molar-refractivity contribution in [1.29, 1.82) is 0 Å². The average molecular weight is 347 g/mol. The van der Waals surface area contributed by atoms with E-state index in [-0.39, 0.29) is 24.2 Å². The predicted molar refractivity (Wildman–Crippen MR) is 96.4 cm³/mol. The first-order valence-electron chi connectivity index (χ1n) is 8.95. The van der Waals surface area contributed by atoms with Crippen LogP contribution in [0.15, 0.2) is 18.5 Å². The van der Waals surface area contributed by atoms with E-state index in [0.717, 1.165) is 18.5 Å². The largest absolute Gasteiger partial charge is 0.369 e. The standard InChI is InChI=1S/C18H29N5O2/c1-6-13(4)25-14(5)16-8-17(22-21-16)18(24)20-12(3)10-23-11-15(7-2)9-19-23/h8-9,11-14H,6-7,10H2,1-5H3,(H,20,24)(H,21,22). The second kappa shape index (κ2) is 8.80. The quantitative estimate of drug-likeness (QED) is 0.730. The van der Waals surface area contributed by atoms with E-state index in [2.05, 4.69) is 34.5 Å². The van der Waals surface area contributed by atoms with Crippen LogP contribution in [-0.2, 0) is 17.7 Å². The first-order valence-corrected chi connectivity index (χ1v) is 8.95. The van der Waals surface area contributed by atoms with Crippen LogP contribution in [0.4, 0.5) is 0 Å². The number of aryl methyl sites for hydroxylation is 1. The SMILES string of the molecule is CCc1cnn(CC(C)NC(=O)c2cc(C(C)OC(C)CC)[nH]n2)c1. The van der Waals surface area contributed by atoms with Crippen molar-refractivity contribution in [1.82, 2.24) is 25.3 Å². The number of amides is 1. The molecule has 25 heavy (non-hydrogen) atoms. The summed E-state index contributed by atoms with van der Waals surface area (Å²) in [5.74, 6) is -0.200. The number of rotatable bonds is 9. The fraction of sp³-hybridized carbons (Fsp3) is 0.611. The molecule has 138 valence electrons. The van der Waals surface area contributed by atoms with Gasteiger partial charge in [0.1, 0.15) is 5.69 Å². The predicted octanol–water partition coefficient (Wildman–Crippen LogP) is 2.86. The Bertz CT molecular complexity index is 679. The van der Waals surface area contributed by atoms with Crippen molar-refractivity contribution in [2.75, 3.05) is 0 Å². The Morgan fingerprint density at radius 3 is 2.76 bits per heavy atom. The molecule has 3 atom stereocenters. The Hall–Kier alpha value is -2.15. The highest BCUT2D eigenvalue weighted by Gasteiger charge is 2.17. The Morgan fingerprint density at radius 2 is 2.12 bits per heavy atom. The molecule has 7 nitrogen and oxygen atoms in total. The molecule has 2 aromatic heterocycles. The van der Waals surface area contributed by atoms with Gasteiger partial charge in [0.05, 0.1) is 30.6 Å². The lowest BCUT2D eigenvalue weighted by Crippen LogP contribution is -2.36. The van der Waals surface area contributed by atoms with E-state index < -0.39 is 0 Å². The van der Waals surface area contributed by atoms with Crippen molar-refractivity contribution < 1.29 is 9.53 Å². The zero-order valence-electron chi connectivity index (χ0n) is 15.7. The van der Waals surface area contributed by atoms with Gasteiger partial charge in [-0.25, -0.2) is 0 Å². The molecule has 0 radical (unpaired) electrons. The van der Waals surface area contributed by atoms with Gasteiger partial charge >= 0.3 is 0 Å². The van der Waals surface area contributed by atoms with Crippen LogP contribution in [0.2, 0.25) is 0 Å². The zero-order chi connectivity index (χ0) is 18.4. The molecular formula is C18H29N5O2. The fourth-order valence-electron chi connectivity index (χ4n) is 2.49. The minimum atomic E-state index is -0.200. The van der Waals surface area contributed by atoms with Crippen LogP contribution in [0.25, 0.3) is 0 Å². The Labute approximate surface area is 149 Å². The molecule has 2 rings (SSSR count). The summed E-state index contributed by atoms with van der Waals surface area (Å²) in [7, 11) is 0. The monoisotopic (exact) mass is 347 g/mol. The highest BCUT2D eigenvalue weighted by Crippen LogP contribution is 2.18. The number of carbonyl (C=O) groups is 1. The summed E-state index contributed by atoms with van der Waals surface area (Å²) in [6, 6.07) is 1.70. The van der Waals surface area contributed by atoms with Gasteiger partial charge in [0.25, 0.3) is 5.91 Å². The van der Waals surface area contributed by atoms with Gasteiger partial charge in [-0.3, -0.25) is 14.6 Å². The minimum absolute atomic E-state index is 0.0500. The highest BCUT2D eigenvalue weighted by atomic mass is 16.5. The maximum absolute atomic E-state index is 12.4. The van der Waals surface area contributed by atoms with Crippen molar-refractivity contribution in [3.63, 3.8) is 0 Å². The molecule has 0 aromatic carbocycles. The van der Waals surface area contributed by atoms with E-state index in [4.69, 9.17) is 4.74 Å². The lowest BCUT2D eigenvalue weighted by molar-refractivity contribution is 0.00322. The molecule has 0 saturated heterocycles. The summed E-state index contributed by atoms with van der Waals surface area (Å²) in [6.45, 7) is 10.7. The maximum atomic E-state index is 12.4. The van der Waals surface area contributed by atoms with E-state index in [9.17, 15) is 4.79 Å². The summed E-state index contributed by atoms with van der Waals surface area (Å²) in [5.41, 5.74) is 2.36. The number of nitrogens with one attached hydrogen (secondary N) is 2. The first kappa shape index (κ1) is 19.2. The number of ether oxygens (including phenoxy) is 1. The summed E-state index contributed by atoms with van der Waals surface area (Å²) in [4.78, 5) is 12.4. The molecule has 0 bridgehead atoms. The second-order valence-electron chi connectivity index (χ2n) is 6.50. The van der Waals surface area contributed by atoms with Crippen LogP contribution >= 0.6 is 0 Å². The van der Waals surface area contributed by atoms with Crippen LogP contribution in [0.3, 0.4) is 0 Å². The third kappa shape index (κ3) is 5.42. The number of hydrogen-bond donors (Lipinski definition) is 2. The van der Waals surface area contributed by atoms with Gasteiger partial charge in [-0.05, 0) is 45.2 Å². The molecule has 0 fully saturated rings. The van der Waals surface area contributed by atoms with Gasteiger partial charge in [-0.2, -0.15) is 10.2 Å². The molecule has 7 heteroatoms. The first-order chi connectivity index (χ1) is 11.9. The Balaban J connectivity index is 1.89. The molecule has 0 aliphatic rings. The topological polar surface area (TPSA) is 84.8 Å². The van der Waals surface area contributed by atoms with Gasteiger partial charge in [-0.15, -0.1) is 0 Å². The molecule has 2 N–H and O–H groups in total. The number of aromatic amines is 1. The Morgan fingerprint density at radius 1 is 1.36 bits per heavy atom. The molecule has 0 aliphatic carbocycles. The van der Waals surface area contributed by atoms with Crippen molar-refractivity contribution in [2.45, 2.75) is 72.3 Å². The second-order valence-corrected chi connectivity index (χ2v) is 6.50. The average Bonchev–Trinajstić information content (AvgIpc) is 3.23. The molecule has 3 unspecified atom stereocenters. The zero-order valence-corrected chi connectivity index (χ0v) is 15.7. The van der Waals surface area contributed by atoms with E-state index in [1.54, 1.807) is 6.07 Å². The van der Waals surface area contributed by atoms with Crippen molar-refractivity contribution in [2.24, 2.45) is 0 Å². The maximum Gasteiger partial charge on any atom is 0.272 e. The van der Waals surface area contributed by atoms with Crippen LogP contribution in [0.1, 0.15) is 68.9 Å². The molecule has 0 saturated carbocycles. The van der Waals surface area contributed by atoms with Gasteiger partial charge < -0.3 is 10.1 Å². The lowest BCUT2D eigenvalue weighted by Gasteiger charge is -2.16. The van der Waals surface area contributed by atoms with Crippen LogP contribution < -0.4 is 5.32 Å². The van der Waals surface area contributed by atoms with E-state index in [1.807, 2.05) is 37.8 Å². The molecule has 2 aromatic rings. The van der Waals surface area contributed by atoms with Crippen LogP contribution in [0, 0.1) is 0 Å². The summed E-state index contributed by atoms with van der Waals surface area (Å²) in [6.07, 6.45) is 5.79. The van der Waals surface area contributed by atoms with Crippen molar-refractivity contribution in [3.8, 4) is 0 Å². The van der Waals surface area contributed by atoms with Gasteiger partial charge in [-0.1, -0.05) is 13.8 Å². The molecule has 1 amide bonds. The van der Waals surface area contributed by atoms with Gasteiger partial charge in [0.15, 0.2) is 0 Å². The number of carbonyl (C=O) groups excluding carboxylic acids is 1. The Kier molecular flexibility index (Phi) is 6.75. The van der Waals surface area contributed by atoms with E-state index in [0.29, 0.717) is 12.2 Å². The smallest absolute Gasteiger partial charge is 0.272 e. The van der Waals surface area contributed by atoms with E-state index in [1.165, 1.54) is 5.56 Å². The number of hydrogen-bond acceptors (Lipinski definition) is 4. The third-order valence-electron chi connectivity index (χ3n) is 4.21. The summed E-state index contributed by atoms with van der Waals surface area (Å²) in [5, 5.41) is 14.3. The van der Waals surface area contributed by atoms with Crippen molar-refractivity contribution in [3.05, 3.63) is 35.4 Å². The number of nitrogens with zero attached hydrogens (tertiary/aromatic N) is 3. The normalized spacial score (nSPS) is 14.9. The molecule has 2 heterocycles.